The van der Waals surface area contributed by atoms with Crippen molar-refractivity contribution in [2.45, 2.75) is 19.6 Å². The van der Waals surface area contributed by atoms with Crippen molar-refractivity contribution in [2.75, 3.05) is 5.73 Å². The fraction of sp³-hybridized carbons (Fsp3) is 0.231. The van der Waals surface area contributed by atoms with Crippen LogP contribution in [0.15, 0.2) is 24.4 Å². The Labute approximate surface area is 104 Å². The standard InChI is InChI=1S/C13H12N4O/c14-4-1-5-17-7-9-8-18-12-3-2-10(15)6-11(12)13(9)16-17/h2-3,6-7H,1,5,8,15H2. The molecule has 2 N–H and O–H groups in total. The van der Waals surface area contributed by atoms with E-state index < -0.39 is 0 Å². The van der Waals surface area contributed by atoms with Gasteiger partial charge in [-0.25, -0.2) is 0 Å². The Morgan fingerprint density at radius 1 is 1.50 bits per heavy atom. The number of rotatable bonds is 2. The van der Waals surface area contributed by atoms with E-state index in [2.05, 4.69) is 11.2 Å². The van der Waals surface area contributed by atoms with Gasteiger partial charge in [-0.3, -0.25) is 4.68 Å². The number of nitrogens with zero attached hydrogens (tertiary/aromatic N) is 3. The summed E-state index contributed by atoms with van der Waals surface area (Å²) in [5.41, 5.74) is 9.34. The van der Waals surface area contributed by atoms with Gasteiger partial charge in [0, 0.05) is 23.0 Å². The molecule has 1 aromatic carbocycles. The zero-order valence-corrected chi connectivity index (χ0v) is 9.76. The average molecular weight is 240 g/mol. The third-order valence-corrected chi connectivity index (χ3v) is 2.93. The summed E-state index contributed by atoms with van der Waals surface area (Å²) in [4.78, 5) is 0. The number of aryl methyl sites for hydroxylation is 1. The van der Waals surface area contributed by atoms with Gasteiger partial charge in [0.25, 0.3) is 0 Å². The number of benzene rings is 1. The number of hydrogen-bond acceptors (Lipinski definition) is 4. The molecule has 1 aliphatic heterocycles. The molecule has 18 heavy (non-hydrogen) atoms. The highest BCUT2D eigenvalue weighted by Gasteiger charge is 2.21. The maximum absolute atomic E-state index is 8.59. The Bertz CT molecular complexity index is 639. The van der Waals surface area contributed by atoms with Crippen molar-refractivity contribution in [2.24, 2.45) is 0 Å². The summed E-state index contributed by atoms with van der Waals surface area (Å²) in [6, 6.07) is 7.66. The van der Waals surface area contributed by atoms with Gasteiger partial charge in [-0.05, 0) is 18.2 Å². The molecule has 2 aromatic rings. The summed E-state index contributed by atoms with van der Waals surface area (Å²) in [5.74, 6) is 0.808. The van der Waals surface area contributed by atoms with Crippen LogP contribution in [0.3, 0.4) is 0 Å². The summed E-state index contributed by atoms with van der Waals surface area (Å²) in [7, 11) is 0. The lowest BCUT2D eigenvalue weighted by atomic mass is 10.0. The average Bonchev–Trinajstić information content (AvgIpc) is 2.79. The monoisotopic (exact) mass is 240 g/mol. The van der Waals surface area contributed by atoms with E-state index in [-0.39, 0.29) is 0 Å². The number of ether oxygens (including phenoxy) is 1. The Hall–Kier alpha value is -2.48. The highest BCUT2D eigenvalue weighted by Crippen LogP contribution is 2.37. The Morgan fingerprint density at radius 3 is 3.22 bits per heavy atom. The van der Waals surface area contributed by atoms with E-state index in [0.29, 0.717) is 25.3 Å². The largest absolute Gasteiger partial charge is 0.488 e. The topological polar surface area (TPSA) is 76.9 Å². The van der Waals surface area contributed by atoms with E-state index in [1.807, 2.05) is 24.4 Å². The molecule has 0 spiro atoms. The van der Waals surface area contributed by atoms with E-state index in [1.54, 1.807) is 4.68 Å². The van der Waals surface area contributed by atoms with E-state index in [1.165, 1.54) is 0 Å². The highest BCUT2D eigenvalue weighted by atomic mass is 16.5. The maximum Gasteiger partial charge on any atom is 0.129 e. The van der Waals surface area contributed by atoms with Gasteiger partial charge in [0.1, 0.15) is 18.1 Å². The lowest BCUT2D eigenvalue weighted by Gasteiger charge is -2.16. The summed E-state index contributed by atoms with van der Waals surface area (Å²) >= 11 is 0. The molecule has 5 heteroatoms. The van der Waals surface area contributed by atoms with Crippen LogP contribution >= 0.6 is 0 Å². The van der Waals surface area contributed by atoms with Crippen molar-refractivity contribution in [3.63, 3.8) is 0 Å². The summed E-state index contributed by atoms with van der Waals surface area (Å²) in [6.45, 7) is 1.11. The molecular formula is C13H12N4O. The fourth-order valence-corrected chi connectivity index (χ4v) is 2.09. The van der Waals surface area contributed by atoms with E-state index in [4.69, 9.17) is 15.7 Å². The molecule has 90 valence electrons. The van der Waals surface area contributed by atoms with Crippen LogP contribution in [0.2, 0.25) is 0 Å². The highest BCUT2D eigenvalue weighted by molar-refractivity contribution is 5.74. The second-order valence-corrected chi connectivity index (χ2v) is 4.22. The van der Waals surface area contributed by atoms with Gasteiger partial charge in [0.2, 0.25) is 0 Å². The normalized spacial score (nSPS) is 12.2. The van der Waals surface area contributed by atoms with Crippen molar-refractivity contribution in [1.82, 2.24) is 9.78 Å². The number of nitrogens with two attached hydrogens (primary N) is 1. The summed E-state index contributed by atoms with van der Waals surface area (Å²) < 4.78 is 7.44. The number of hydrogen-bond donors (Lipinski definition) is 1. The predicted octanol–water partition coefficient (Wildman–Crippen LogP) is 1.94. The number of aromatic nitrogens is 2. The van der Waals surface area contributed by atoms with Gasteiger partial charge in [-0.15, -0.1) is 0 Å². The van der Waals surface area contributed by atoms with Crippen LogP contribution in [0.25, 0.3) is 11.3 Å². The Morgan fingerprint density at radius 2 is 2.39 bits per heavy atom. The van der Waals surface area contributed by atoms with Gasteiger partial charge in [-0.2, -0.15) is 10.4 Å². The first-order valence-corrected chi connectivity index (χ1v) is 5.74. The van der Waals surface area contributed by atoms with Crippen molar-refractivity contribution in [1.29, 1.82) is 5.26 Å². The van der Waals surface area contributed by atoms with Crippen molar-refractivity contribution in [3.05, 3.63) is 30.0 Å². The summed E-state index contributed by atoms with van der Waals surface area (Å²) in [6.07, 6.45) is 2.38. The van der Waals surface area contributed by atoms with Crippen LogP contribution in [0.5, 0.6) is 5.75 Å². The van der Waals surface area contributed by atoms with Crippen molar-refractivity contribution >= 4 is 5.69 Å². The van der Waals surface area contributed by atoms with Crippen molar-refractivity contribution < 1.29 is 4.74 Å². The van der Waals surface area contributed by atoms with Crippen LogP contribution in [-0.4, -0.2) is 9.78 Å². The van der Waals surface area contributed by atoms with E-state index >= 15 is 0 Å². The Kier molecular flexibility index (Phi) is 2.41. The zero-order chi connectivity index (χ0) is 12.5. The lowest BCUT2D eigenvalue weighted by Crippen LogP contribution is -2.04. The molecular weight excluding hydrogens is 228 g/mol. The molecule has 1 aliphatic rings. The molecule has 2 heterocycles. The van der Waals surface area contributed by atoms with Crippen LogP contribution in [-0.2, 0) is 13.2 Å². The fourth-order valence-electron chi connectivity index (χ4n) is 2.09. The summed E-state index contributed by atoms with van der Waals surface area (Å²) in [5, 5.41) is 13.1. The minimum Gasteiger partial charge on any atom is -0.488 e. The second-order valence-electron chi connectivity index (χ2n) is 4.22. The first-order chi connectivity index (χ1) is 8.78. The first kappa shape index (κ1) is 10.7. The van der Waals surface area contributed by atoms with Crippen LogP contribution < -0.4 is 10.5 Å². The number of nitriles is 1. The number of nitrogen functional groups attached to an aromatic ring is 1. The SMILES string of the molecule is N#CCCn1cc2c(n1)-c1cc(N)ccc1OC2. The van der Waals surface area contributed by atoms with E-state index in [9.17, 15) is 0 Å². The van der Waals surface area contributed by atoms with Crippen molar-refractivity contribution in [3.8, 4) is 23.1 Å². The van der Waals surface area contributed by atoms with Crippen LogP contribution in [0, 0.1) is 11.3 Å². The van der Waals surface area contributed by atoms with Gasteiger partial charge >= 0.3 is 0 Å². The molecule has 0 fully saturated rings. The molecule has 0 amide bonds. The maximum atomic E-state index is 8.59. The Balaban J connectivity index is 2.04. The molecule has 0 saturated heterocycles. The molecule has 0 saturated carbocycles. The predicted molar refractivity (Wildman–Crippen MR) is 66.6 cm³/mol. The van der Waals surface area contributed by atoms with Crippen LogP contribution in [0.1, 0.15) is 12.0 Å². The minimum absolute atomic E-state index is 0.450. The third kappa shape index (κ3) is 1.68. The van der Waals surface area contributed by atoms with E-state index in [0.717, 1.165) is 22.6 Å². The molecule has 1 aromatic heterocycles. The minimum atomic E-state index is 0.450. The van der Waals surface area contributed by atoms with Gasteiger partial charge < -0.3 is 10.5 Å². The third-order valence-electron chi connectivity index (χ3n) is 2.93. The molecule has 0 radical (unpaired) electrons. The molecule has 0 unspecified atom stereocenters. The van der Waals surface area contributed by atoms with Gasteiger partial charge in [-0.1, -0.05) is 0 Å². The molecule has 0 atom stereocenters. The first-order valence-electron chi connectivity index (χ1n) is 5.74. The lowest BCUT2D eigenvalue weighted by molar-refractivity contribution is 0.302. The van der Waals surface area contributed by atoms with Gasteiger partial charge in [0.15, 0.2) is 0 Å². The number of anilines is 1. The quantitative estimate of drug-likeness (QED) is 0.814. The molecule has 5 nitrogen and oxygen atoms in total. The van der Waals surface area contributed by atoms with Crippen LogP contribution in [0.4, 0.5) is 5.69 Å². The molecule has 0 bridgehead atoms. The molecule has 0 aliphatic carbocycles. The molecule has 3 rings (SSSR count). The smallest absolute Gasteiger partial charge is 0.129 e. The second kappa shape index (κ2) is 4.08. The van der Waals surface area contributed by atoms with Gasteiger partial charge in [0.05, 0.1) is 19.0 Å². The number of fused-ring (bicyclic) bond motifs is 3. The zero-order valence-electron chi connectivity index (χ0n) is 9.76.